The number of carbonyl (C=O) groups is 1. The fourth-order valence-corrected chi connectivity index (χ4v) is 2.51. The lowest BCUT2D eigenvalue weighted by molar-refractivity contribution is 0.0948. The normalized spacial score (nSPS) is 10.5. The Morgan fingerprint density at radius 2 is 1.92 bits per heavy atom. The molecule has 0 unspecified atom stereocenters. The highest BCUT2D eigenvalue weighted by Crippen LogP contribution is 2.13. The largest absolute Gasteiger partial charge is 0.360 e. The molecule has 0 saturated carbocycles. The van der Waals surface area contributed by atoms with E-state index in [-0.39, 0.29) is 5.91 Å². The van der Waals surface area contributed by atoms with Crippen molar-refractivity contribution in [1.82, 2.24) is 20.4 Å². The molecule has 0 saturated heterocycles. The smallest absolute Gasteiger partial charge is 0.270 e. The number of nitrogens with one attached hydrogen (secondary N) is 2. The van der Waals surface area contributed by atoms with E-state index in [9.17, 15) is 4.79 Å². The number of nitrogens with zero attached hydrogens (tertiary/aromatic N) is 3. The third-order valence-electron chi connectivity index (χ3n) is 3.73. The summed E-state index contributed by atoms with van der Waals surface area (Å²) in [5, 5.41) is 9.68. The Morgan fingerprint density at radius 3 is 2.65 bits per heavy atom. The van der Waals surface area contributed by atoms with Gasteiger partial charge < -0.3 is 15.2 Å². The molecule has 0 aliphatic carbocycles. The number of aromatic nitrogens is 3. The number of amides is 1. The van der Waals surface area contributed by atoms with E-state index in [2.05, 4.69) is 37.9 Å². The van der Waals surface area contributed by atoms with Gasteiger partial charge in [0.1, 0.15) is 11.5 Å². The fourth-order valence-electron chi connectivity index (χ4n) is 2.51. The van der Waals surface area contributed by atoms with Crippen LogP contribution in [-0.4, -0.2) is 27.6 Å². The first kappa shape index (κ1) is 17.6. The Hall–Kier alpha value is -3.22. The lowest BCUT2D eigenvalue weighted by Crippen LogP contribution is -2.26. The summed E-state index contributed by atoms with van der Waals surface area (Å²) in [6.45, 7) is 4.19. The second kappa shape index (κ2) is 8.24. The monoisotopic (exact) mass is 351 g/mol. The Balaban J connectivity index is 1.56. The molecule has 134 valence electrons. The first-order chi connectivity index (χ1) is 12.6. The molecule has 0 radical (unpaired) electrons. The molecule has 0 fully saturated rings. The predicted octanol–water partition coefficient (Wildman–Crippen LogP) is 3.19. The summed E-state index contributed by atoms with van der Waals surface area (Å²) in [6, 6.07) is 13.6. The topological polar surface area (TPSA) is 92.9 Å². The Morgan fingerprint density at radius 1 is 1.12 bits per heavy atom. The number of rotatable bonds is 7. The van der Waals surface area contributed by atoms with Gasteiger partial charge in [0.05, 0.1) is 0 Å². The summed E-state index contributed by atoms with van der Waals surface area (Å²) in [7, 11) is 0. The van der Waals surface area contributed by atoms with E-state index in [1.54, 1.807) is 19.1 Å². The van der Waals surface area contributed by atoms with Crippen molar-refractivity contribution in [2.45, 2.75) is 26.7 Å². The Bertz CT molecular complexity index is 877. The Kier molecular flexibility index (Phi) is 5.58. The second-order valence-electron chi connectivity index (χ2n) is 6.01. The van der Waals surface area contributed by atoms with Crippen LogP contribution >= 0.6 is 0 Å². The molecular formula is C19H21N5O2. The third kappa shape index (κ3) is 4.89. The minimum Gasteiger partial charge on any atom is -0.360 e. The molecule has 2 N–H and O–H groups in total. The average molecular weight is 351 g/mol. The van der Waals surface area contributed by atoms with E-state index in [1.807, 2.05) is 25.1 Å². The molecule has 0 aliphatic rings. The van der Waals surface area contributed by atoms with Gasteiger partial charge in [0.15, 0.2) is 5.82 Å². The summed E-state index contributed by atoms with van der Waals surface area (Å²) >= 11 is 0. The van der Waals surface area contributed by atoms with E-state index in [0.29, 0.717) is 35.5 Å². The molecule has 7 heteroatoms. The van der Waals surface area contributed by atoms with Gasteiger partial charge in [0.25, 0.3) is 5.91 Å². The highest BCUT2D eigenvalue weighted by Gasteiger charge is 2.11. The van der Waals surface area contributed by atoms with Crippen molar-refractivity contribution in [1.29, 1.82) is 0 Å². The van der Waals surface area contributed by atoms with Crippen molar-refractivity contribution in [2.75, 3.05) is 11.9 Å². The van der Waals surface area contributed by atoms with Crippen LogP contribution < -0.4 is 10.6 Å². The predicted molar refractivity (Wildman–Crippen MR) is 98.4 cm³/mol. The summed E-state index contributed by atoms with van der Waals surface area (Å²) in [4.78, 5) is 20.9. The minimum atomic E-state index is -0.219. The van der Waals surface area contributed by atoms with Crippen molar-refractivity contribution in [2.24, 2.45) is 0 Å². The van der Waals surface area contributed by atoms with Gasteiger partial charge in [-0.15, -0.1) is 0 Å². The average Bonchev–Trinajstić information content (AvgIpc) is 3.03. The Labute approximate surface area is 151 Å². The van der Waals surface area contributed by atoms with E-state index in [4.69, 9.17) is 4.52 Å². The van der Waals surface area contributed by atoms with Crippen molar-refractivity contribution in [3.8, 4) is 0 Å². The van der Waals surface area contributed by atoms with Crippen molar-refractivity contribution >= 4 is 17.7 Å². The number of anilines is 2. The van der Waals surface area contributed by atoms with E-state index >= 15 is 0 Å². The zero-order valence-corrected chi connectivity index (χ0v) is 14.8. The molecule has 3 aromatic rings. The van der Waals surface area contributed by atoms with Gasteiger partial charge in [-0.1, -0.05) is 35.5 Å². The molecule has 7 nitrogen and oxygen atoms in total. The maximum atomic E-state index is 12.4. The van der Waals surface area contributed by atoms with Crippen molar-refractivity contribution < 1.29 is 9.32 Å². The fraction of sp³-hybridized carbons (Fsp3) is 0.263. The highest BCUT2D eigenvalue weighted by atomic mass is 16.5. The standard InChI is InChI=1S/C19H21N5O2/c1-13-11-16(22-19(21-13)23-17-12-14(2)26-24-17)18(25)20-10-6-9-15-7-4-3-5-8-15/h3-5,7-8,11-12H,6,9-10H2,1-2H3,(H,20,25)(H,21,22,23,24). The zero-order chi connectivity index (χ0) is 18.4. The summed E-state index contributed by atoms with van der Waals surface area (Å²) in [5.74, 6) is 1.27. The molecule has 0 spiro atoms. The number of benzene rings is 1. The van der Waals surface area contributed by atoms with Gasteiger partial charge >= 0.3 is 0 Å². The van der Waals surface area contributed by atoms with Gasteiger partial charge in [0.2, 0.25) is 5.95 Å². The maximum Gasteiger partial charge on any atom is 0.270 e. The van der Waals surface area contributed by atoms with Crippen LogP contribution in [0.15, 0.2) is 47.0 Å². The van der Waals surface area contributed by atoms with E-state index in [1.165, 1.54) is 5.56 Å². The lowest BCUT2D eigenvalue weighted by Gasteiger charge is -2.07. The summed E-state index contributed by atoms with van der Waals surface area (Å²) < 4.78 is 5.00. The van der Waals surface area contributed by atoms with Crippen LogP contribution in [0, 0.1) is 13.8 Å². The third-order valence-corrected chi connectivity index (χ3v) is 3.73. The SMILES string of the molecule is Cc1cc(C(=O)NCCCc2ccccc2)nc(Nc2cc(C)on2)n1. The number of carbonyl (C=O) groups excluding carboxylic acids is 1. The van der Waals surface area contributed by atoms with Crippen molar-refractivity contribution in [3.63, 3.8) is 0 Å². The number of hydrogen-bond donors (Lipinski definition) is 2. The molecule has 2 aromatic heterocycles. The quantitative estimate of drug-likeness (QED) is 0.635. The van der Waals surface area contributed by atoms with Gasteiger partial charge in [-0.25, -0.2) is 9.97 Å². The summed E-state index contributed by atoms with van der Waals surface area (Å²) in [6.07, 6.45) is 1.78. The first-order valence-corrected chi connectivity index (χ1v) is 8.48. The van der Waals surface area contributed by atoms with E-state index in [0.717, 1.165) is 12.8 Å². The first-order valence-electron chi connectivity index (χ1n) is 8.48. The zero-order valence-electron chi connectivity index (χ0n) is 14.8. The minimum absolute atomic E-state index is 0.219. The maximum absolute atomic E-state index is 12.4. The molecular weight excluding hydrogens is 330 g/mol. The molecule has 1 aromatic carbocycles. The van der Waals surface area contributed by atoms with Crippen LogP contribution in [0.1, 0.15) is 33.9 Å². The van der Waals surface area contributed by atoms with Gasteiger partial charge in [-0.2, -0.15) is 0 Å². The molecule has 0 aliphatic heterocycles. The van der Waals surface area contributed by atoms with Crippen molar-refractivity contribution in [3.05, 3.63) is 65.2 Å². The molecule has 26 heavy (non-hydrogen) atoms. The molecule has 1 amide bonds. The second-order valence-corrected chi connectivity index (χ2v) is 6.01. The molecule has 0 bridgehead atoms. The number of aryl methyl sites for hydroxylation is 3. The van der Waals surface area contributed by atoms with Crippen LogP contribution in [0.3, 0.4) is 0 Å². The van der Waals surface area contributed by atoms with Gasteiger partial charge in [-0.3, -0.25) is 4.79 Å². The number of hydrogen-bond acceptors (Lipinski definition) is 6. The van der Waals surface area contributed by atoms with Gasteiger partial charge in [0, 0.05) is 18.3 Å². The lowest BCUT2D eigenvalue weighted by atomic mass is 10.1. The summed E-state index contributed by atoms with van der Waals surface area (Å²) in [5.41, 5.74) is 2.27. The highest BCUT2D eigenvalue weighted by molar-refractivity contribution is 5.92. The van der Waals surface area contributed by atoms with Crippen LogP contribution in [0.25, 0.3) is 0 Å². The van der Waals surface area contributed by atoms with Crippen LogP contribution in [0.2, 0.25) is 0 Å². The van der Waals surface area contributed by atoms with E-state index < -0.39 is 0 Å². The molecule has 3 rings (SSSR count). The van der Waals surface area contributed by atoms with Crippen LogP contribution in [0.4, 0.5) is 11.8 Å². The van der Waals surface area contributed by atoms with Crippen LogP contribution in [0.5, 0.6) is 0 Å². The van der Waals surface area contributed by atoms with Crippen LogP contribution in [-0.2, 0) is 6.42 Å². The molecule has 0 atom stereocenters. The van der Waals surface area contributed by atoms with Gasteiger partial charge in [-0.05, 0) is 38.3 Å². The molecule has 2 heterocycles.